The maximum atomic E-state index is 7.87. The smallest absolute Gasteiger partial charge is 0.124 e. The van der Waals surface area contributed by atoms with Gasteiger partial charge in [-0.25, -0.2) is 0 Å². The Labute approximate surface area is 122 Å². The molecule has 0 heterocycles. The van der Waals surface area contributed by atoms with Crippen molar-refractivity contribution in [1.29, 1.82) is 5.41 Å². The minimum atomic E-state index is 0.176. The van der Waals surface area contributed by atoms with Crippen molar-refractivity contribution in [2.45, 2.75) is 52.5 Å². The van der Waals surface area contributed by atoms with Gasteiger partial charge in [-0.15, -0.1) is 0 Å². The van der Waals surface area contributed by atoms with Gasteiger partial charge in [-0.1, -0.05) is 38.3 Å². The number of hydrogen-bond donors (Lipinski definition) is 2. The summed E-state index contributed by atoms with van der Waals surface area (Å²) in [5, 5.41) is 7.87. The molecule has 1 aliphatic carbocycles. The Balaban J connectivity index is 2.39. The van der Waals surface area contributed by atoms with Crippen LogP contribution in [0.25, 0.3) is 0 Å². The van der Waals surface area contributed by atoms with Gasteiger partial charge in [0.25, 0.3) is 0 Å². The SMILES string of the molecule is Cc1ccc(N(CC(C)C)C2CCCC2)c(C(=N)N)c1. The molecule has 1 aliphatic rings. The molecule has 0 aliphatic heterocycles. The molecular weight excluding hydrogens is 246 g/mol. The molecule has 20 heavy (non-hydrogen) atoms. The third-order valence-electron chi connectivity index (χ3n) is 4.08. The van der Waals surface area contributed by atoms with Crippen LogP contribution in [0.5, 0.6) is 0 Å². The maximum absolute atomic E-state index is 7.87. The number of hydrogen-bond acceptors (Lipinski definition) is 2. The molecule has 1 fully saturated rings. The van der Waals surface area contributed by atoms with E-state index in [0.717, 1.165) is 23.4 Å². The third-order valence-corrected chi connectivity index (χ3v) is 4.08. The molecule has 2 rings (SSSR count). The summed E-state index contributed by atoms with van der Waals surface area (Å²) in [6, 6.07) is 6.93. The van der Waals surface area contributed by atoms with Crippen molar-refractivity contribution >= 4 is 11.5 Å². The highest BCUT2D eigenvalue weighted by Crippen LogP contribution is 2.31. The van der Waals surface area contributed by atoms with E-state index < -0.39 is 0 Å². The first-order valence-corrected chi connectivity index (χ1v) is 7.70. The Morgan fingerprint density at radius 3 is 2.55 bits per heavy atom. The lowest BCUT2D eigenvalue weighted by molar-refractivity contribution is 0.535. The average Bonchev–Trinajstić information content (AvgIpc) is 2.89. The van der Waals surface area contributed by atoms with Gasteiger partial charge in [-0.05, 0) is 37.8 Å². The monoisotopic (exact) mass is 273 g/mol. The fraction of sp³-hybridized carbons (Fsp3) is 0.588. The van der Waals surface area contributed by atoms with E-state index in [1.807, 2.05) is 6.07 Å². The van der Waals surface area contributed by atoms with E-state index in [9.17, 15) is 0 Å². The summed E-state index contributed by atoms with van der Waals surface area (Å²) >= 11 is 0. The maximum Gasteiger partial charge on any atom is 0.124 e. The van der Waals surface area contributed by atoms with Crippen molar-refractivity contribution in [2.24, 2.45) is 11.7 Å². The van der Waals surface area contributed by atoms with Gasteiger partial charge in [0.1, 0.15) is 5.84 Å². The Morgan fingerprint density at radius 1 is 1.35 bits per heavy atom. The topological polar surface area (TPSA) is 53.1 Å². The highest BCUT2D eigenvalue weighted by atomic mass is 15.2. The van der Waals surface area contributed by atoms with Gasteiger partial charge in [0.2, 0.25) is 0 Å². The number of rotatable bonds is 5. The van der Waals surface area contributed by atoms with Crippen molar-refractivity contribution in [3.8, 4) is 0 Å². The molecule has 0 aromatic heterocycles. The van der Waals surface area contributed by atoms with Crippen LogP contribution in [-0.4, -0.2) is 18.4 Å². The van der Waals surface area contributed by atoms with Gasteiger partial charge in [-0.3, -0.25) is 5.41 Å². The van der Waals surface area contributed by atoms with Crippen LogP contribution in [0.15, 0.2) is 18.2 Å². The molecule has 0 saturated heterocycles. The number of nitrogens with two attached hydrogens (primary N) is 1. The number of nitrogens with zero attached hydrogens (tertiary/aromatic N) is 1. The van der Waals surface area contributed by atoms with Crippen LogP contribution in [0, 0.1) is 18.3 Å². The molecule has 0 radical (unpaired) electrons. The second-order valence-electron chi connectivity index (χ2n) is 6.42. The van der Waals surface area contributed by atoms with Crippen molar-refractivity contribution in [2.75, 3.05) is 11.4 Å². The molecule has 110 valence electrons. The molecule has 1 saturated carbocycles. The number of benzene rings is 1. The van der Waals surface area contributed by atoms with Gasteiger partial charge in [0, 0.05) is 23.8 Å². The predicted molar refractivity (Wildman–Crippen MR) is 86.6 cm³/mol. The lowest BCUT2D eigenvalue weighted by Gasteiger charge is -2.34. The standard InChI is InChI=1S/C17H27N3/c1-12(2)11-20(14-6-4-5-7-14)16-9-8-13(3)10-15(16)17(18)19/h8-10,12,14H,4-7,11H2,1-3H3,(H3,18,19). The third kappa shape index (κ3) is 3.33. The van der Waals surface area contributed by atoms with Gasteiger partial charge < -0.3 is 10.6 Å². The van der Waals surface area contributed by atoms with Crippen LogP contribution < -0.4 is 10.6 Å². The second kappa shape index (κ2) is 6.29. The number of amidine groups is 1. The highest BCUT2D eigenvalue weighted by Gasteiger charge is 2.25. The van der Waals surface area contributed by atoms with E-state index in [4.69, 9.17) is 11.1 Å². The molecule has 0 unspecified atom stereocenters. The fourth-order valence-electron chi connectivity index (χ4n) is 3.17. The molecule has 0 atom stereocenters. The van der Waals surface area contributed by atoms with Crippen LogP contribution in [0.1, 0.15) is 50.7 Å². The van der Waals surface area contributed by atoms with Gasteiger partial charge in [0.05, 0.1) is 0 Å². The Hall–Kier alpha value is -1.51. The van der Waals surface area contributed by atoms with Crippen molar-refractivity contribution in [3.05, 3.63) is 29.3 Å². The van der Waals surface area contributed by atoms with Crippen molar-refractivity contribution in [3.63, 3.8) is 0 Å². The number of aryl methyl sites for hydroxylation is 1. The zero-order valence-corrected chi connectivity index (χ0v) is 12.9. The lowest BCUT2D eigenvalue weighted by atomic mass is 10.0. The number of nitrogens with one attached hydrogen (secondary N) is 1. The van der Waals surface area contributed by atoms with E-state index in [1.54, 1.807) is 0 Å². The summed E-state index contributed by atoms with van der Waals surface area (Å²) in [5.41, 5.74) is 9.00. The number of nitrogen functional groups attached to an aromatic ring is 1. The van der Waals surface area contributed by atoms with E-state index in [-0.39, 0.29) is 5.84 Å². The Morgan fingerprint density at radius 2 is 2.00 bits per heavy atom. The molecule has 3 heteroatoms. The lowest BCUT2D eigenvalue weighted by Crippen LogP contribution is -2.37. The molecular formula is C17H27N3. The highest BCUT2D eigenvalue weighted by molar-refractivity contribution is 6.00. The summed E-state index contributed by atoms with van der Waals surface area (Å²) in [6.45, 7) is 7.60. The first-order valence-electron chi connectivity index (χ1n) is 7.70. The molecule has 1 aromatic rings. The van der Waals surface area contributed by atoms with Gasteiger partial charge in [0.15, 0.2) is 0 Å². The summed E-state index contributed by atoms with van der Waals surface area (Å²) in [5.74, 6) is 0.784. The summed E-state index contributed by atoms with van der Waals surface area (Å²) in [4.78, 5) is 2.49. The summed E-state index contributed by atoms with van der Waals surface area (Å²) < 4.78 is 0. The van der Waals surface area contributed by atoms with Crippen LogP contribution >= 0.6 is 0 Å². The summed E-state index contributed by atoms with van der Waals surface area (Å²) in [7, 11) is 0. The molecule has 3 N–H and O–H groups in total. The quantitative estimate of drug-likeness (QED) is 0.635. The Bertz CT molecular complexity index is 473. The second-order valence-corrected chi connectivity index (χ2v) is 6.42. The molecule has 0 bridgehead atoms. The molecule has 0 spiro atoms. The zero-order valence-electron chi connectivity index (χ0n) is 12.9. The molecule has 3 nitrogen and oxygen atoms in total. The minimum absolute atomic E-state index is 0.176. The van der Waals surface area contributed by atoms with E-state index in [0.29, 0.717) is 12.0 Å². The largest absolute Gasteiger partial charge is 0.384 e. The van der Waals surface area contributed by atoms with Crippen LogP contribution in [0.3, 0.4) is 0 Å². The van der Waals surface area contributed by atoms with Crippen LogP contribution in [0.2, 0.25) is 0 Å². The summed E-state index contributed by atoms with van der Waals surface area (Å²) in [6.07, 6.45) is 5.16. The Kier molecular flexibility index (Phi) is 4.69. The van der Waals surface area contributed by atoms with Gasteiger partial charge >= 0.3 is 0 Å². The zero-order chi connectivity index (χ0) is 14.7. The average molecular weight is 273 g/mol. The van der Waals surface area contributed by atoms with Crippen molar-refractivity contribution in [1.82, 2.24) is 0 Å². The minimum Gasteiger partial charge on any atom is -0.384 e. The van der Waals surface area contributed by atoms with Crippen LogP contribution in [-0.2, 0) is 0 Å². The van der Waals surface area contributed by atoms with Crippen molar-refractivity contribution < 1.29 is 0 Å². The first kappa shape index (κ1) is 14.9. The normalized spacial score (nSPS) is 15.8. The van der Waals surface area contributed by atoms with Gasteiger partial charge in [-0.2, -0.15) is 0 Å². The van der Waals surface area contributed by atoms with E-state index in [2.05, 4.69) is 37.8 Å². The fourth-order valence-corrected chi connectivity index (χ4v) is 3.17. The predicted octanol–water partition coefficient (Wildman–Crippen LogP) is 3.68. The first-order chi connectivity index (χ1) is 9.49. The molecule has 0 amide bonds. The number of anilines is 1. The molecule has 1 aromatic carbocycles. The van der Waals surface area contributed by atoms with E-state index in [1.165, 1.54) is 25.7 Å². The van der Waals surface area contributed by atoms with E-state index >= 15 is 0 Å². The van der Waals surface area contributed by atoms with Crippen LogP contribution in [0.4, 0.5) is 5.69 Å².